The second-order valence-corrected chi connectivity index (χ2v) is 8.23. The van der Waals surface area contributed by atoms with Gasteiger partial charge in [-0.05, 0) is 55.3 Å². The zero-order chi connectivity index (χ0) is 32.5. The van der Waals surface area contributed by atoms with E-state index in [1.54, 1.807) is 0 Å². The molecule has 0 heterocycles. The van der Waals surface area contributed by atoms with Gasteiger partial charge in [-0.1, -0.05) is 31.7 Å². The van der Waals surface area contributed by atoms with Crippen molar-refractivity contribution in [3.63, 3.8) is 0 Å². The number of aromatic carboxylic acids is 4. The van der Waals surface area contributed by atoms with Crippen molar-refractivity contribution in [1.29, 1.82) is 0 Å². The quantitative estimate of drug-likeness (QED) is 0.145. The molecule has 14 heteroatoms. The minimum Gasteiger partial charge on any atom is -0.481 e. The van der Waals surface area contributed by atoms with E-state index in [0.29, 0.717) is 0 Å². The number of hydrogen-bond acceptors (Lipinski definition) is 8. The topological polar surface area (TPSA) is 264 Å². The third kappa shape index (κ3) is 22.0. The van der Waals surface area contributed by atoms with Crippen LogP contribution in [0.1, 0.15) is 92.8 Å². The maximum absolute atomic E-state index is 10.4. The van der Waals surface area contributed by atoms with Crippen molar-refractivity contribution in [3.05, 3.63) is 70.8 Å². The van der Waals surface area contributed by atoms with E-state index in [4.69, 9.17) is 40.9 Å². The van der Waals surface area contributed by atoms with Crippen molar-refractivity contribution < 1.29 is 69.6 Å². The normalized spacial score (nSPS) is 9.38. The van der Waals surface area contributed by atoms with Gasteiger partial charge in [-0.2, -0.15) is 0 Å². The van der Waals surface area contributed by atoms with Crippen LogP contribution in [0.2, 0.25) is 0 Å². The lowest BCUT2D eigenvalue weighted by atomic mass is 10.1. The van der Waals surface area contributed by atoms with Crippen LogP contribution in [0.25, 0.3) is 0 Å². The molecule has 0 fully saturated rings. The smallest absolute Gasteiger partial charge is 0.335 e. The van der Waals surface area contributed by atoms with Gasteiger partial charge in [0, 0.05) is 12.8 Å². The number of aliphatic hydroxyl groups is 2. The summed E-state index contributed by atoms with van der Waals surface area (Å²) < 4.78 is 0. The first-order valence-corrected chi connectivity index (χ1v) is 12.5. The zero-order valence-electron chi connectivity index (χ0n) is 22.7. The number of hydrogen-bond donors (Lipinski definition) is 8. The number of aliphatic carboxylic acids is 2. The largest absolute Gasteiger partial charge is 0.481 e. The first-order valence-electron chi connectivity index (χ1n) is 12.5. The van der Waals surface area contributed by atoms with E-state index in [1.165, 1.54) is 42.5 Å². The lowest BCUT2D eigenvalue weighted by Gasteiger charge is -1.98. The molecule has 0 aliphatic carbocycles. The predicted octanol–water partition coefficient (Wildman–Crippen LogP) is 3.41. The fourth-order valence-electron chi connectivity index (χ4n) is 2.80. The molecular formula is C28H36O14. The first-order chi connectivity index (χ1) is 19.8. The molecule has 0 spiro atoms. The number of carboxylic acids is 6. The van der Waals surface area contributed by atoms with Crippen LogP contribution in [0, 0.1) is 0 Å². The number of carboxylic acid groups (broad SMARTS) is 6. The molecule has 0 unspecified atom stereocenters. The summed E-state index contributed by atoms with van der Waals surface area (Å²) in [6, 6.07) is 10.2. The van der Waals surface area contributed by atoms with Crippen LogP contribution < -0.4 is 0 Å². The fraction of sp³-hybridized carbons (Fsp3) is 0.357. The van der Waals surface area contributed by atoms with Crippen LogP contribution in [0.4, 0.5) is 0 Å². The molecule has 0 bridgehead atoms. The third-order valence-electron chi connectivity index (χ3n) is 4.87. The van der Waals surface area contributed by atoms with Gasteiger partial charge in [0.05, 0.1) is 35.5 Å². The highest BCUT2D eigenvalue weighted by atomic mass is 16.4. The number of unbranched alkanes of at least 4 members (excludes halogenated alkanes) is 5. The van der Waals surface area contributed by atoms with Crippen LogP contribution in [0.15, 0.2) is 48.5 Å². The van der Waals surface area contributed by atoms with Gasteiger partial charge >= 0.3 is 35.8 Å². The van der Waals surface area contributed by atoms with Crippen LogP contribution in [0.3, 0.4) is 0 Å². The van der Waals surface area contributed by atoms with E-state index < -0.39 is 35.8 Å². The average Bonchev–Trinajstić information content (AvgIpc) is 2.95. The maximum atomic E-state index is 10.4. The van der Waals surface area contributed by atoms with Crippen molar-refractivity contribution in [2.45, 2.75) is 51.4 Å². The van der Waals surface area contributed by atoms with E-state index in [9.17, 15) is 28.8 Å². The molecule has 2 rings (SSSR count). The summed E-state index contributed by atoms with van der Waals surface area (Å²) in [5.74, 6) is -5.86. The molecule has 0 aliphatic rings. The summed E-state index contributed by atoms with van der Waals surface area (Å²) >= 11 is 0. The van der Waals surface area contributed by atoms with Crippen LogP contribution in [-0.2, 0) is 9.59 Å². The Morgan fingerprint density at radius 3 is 0.952 bits per heavy atom. The van der Waals surface area contributed by atoms with Crippen LogP contribution in [0.5, 0.6) is 0 Å². The summed E-state index contributed by atoms with van der Waals surface area (Å²) in [5, 5.41) is 65.9. The van der Waals surface area contributed by atoms with Gasteiger partial charge < -0.3 is 40.9 Å². The molecule has 42 heavy (non-hydrogen) atoms. The zero-order valence-corrected chi connectivity index (χ0v) is 22.7. The standard InChI is InChI=1S/C10H18O4.2C8H6O4.C2H6O2/c11-9(12)7-5-3-1-2-4-6-8-10(13)14;9-7(10)5-1-2-6(4-3-5)8(11)12;9-7(10)5-2-1-3-6(4-5)8(11)12;3-1-2-4/h1-8H2,(H,11,12)(H,13,14);2*1-4H,(H,9,10)(H,11,12);3-4H,1-2H2. The first kappa shape index (κ1) is 39.3. The van der Waals surface area contributed by atoms with Crippen molar-refractivity contribution in [2.24, 2.45) is 0 Å². The molecule has 0 aliphatic heterocycles. The van der Waals surface area contributed by atoms with E-state index in [-0.39, 0.29) is 48.3 Å². The van der Waals surface area contributed by atoms with Crippen LogP contribution in [-0.4, -0.2) is 89.9 Å². The second kappa shape index (κ2) is 24.0. The Kier molecular flexibility index (Phi) is 22.5. The van der Waals surface area contributed by atoms with E-state index >= 15 is 0 Å². The SMILES string of the molecule is O=C(O)CCCCCCCCC(=O)O.O=C(O)c1ccc(C(=O)O)cc1.O=C(O)c1cccc(C(=O)O)c1.OCCO. The molecule has 0 radical (unpaired) electrons. The summed E-state index contributed by atoms with van der Waals surface area (Å²) in [4.78, 5) is 61.7. The van der Waals surface area contributed by atoms with Gasteiger partial charge in [0.2, 0.25) is 0 Å². The minimum atomic E-state index is -1.13. The molecule has 8 N–H and O–H groups in total. The third-order valence-corrected chi connectivity index (χ3v) is 4.87. The Morgan fingerprint density at radius 2 is 0.714 bits per heavy atom. The summed E-state index contributed by atoms with van der Waals surface area (Å²) in [6.07, 6.45) is 5.82. The summed E-state index contributed by atoms with van der Waals surface area (Å²) in [6.45, 7) is -0.250. The molecule has 2 aromatic carbocycles. The van der Waals surface area contributed by atoms with E-state index in [1.807, 2.05) is 0 Å². The highest BCUT2D eigenvalue weighted by Gasteiger charge is 2.07. The molecule has 2 aromatic rings. The van der Waals surface area contributed by atoms with Crippen molar-refractivity contribution in [2.75, 3.05) is 13.2 Å². The molecule has 14 nitrogen and oxygen atoms in total. The fourth-order valence-corrected chi connectivity index (χ4v) is 2.80. The van der Waals surface area contributed by atoms with Crippen molar-refractivity contribution in [3.8, 4) is 0 Å². The van der Waals surface area contributed by atoms with Gasteiger partial charge in [-0.25, -0.2) is 19.2 Å². The second-order valence-electron chi connectivity index (χ2n) is 8.23. The van der Waals surface area contributed by atoms with E-state index in [0.717, 1.165) is 44.6 Å². The van der Waals surface area contributed by atoms with Gasteiger partial charge in [0.25, 0.3) is 0 Å². The Hall–Kier alpha value is -4.82. The molecule has 0 aromatic heterocycles. The minimum absolute atomic E-state index is 0.0186. The van der Waals surface area contributed by atoms with Crippen LogP contribution >= 0.6 is 0 Å². The number of carbonyl (C=O) groups is 6. The summed E-state index contributed by atoms with van der Waals surface area (Å²) in [5.41, 5.74) is 0.129. The molecule has 0 saturated carbocycles. The van der Waals surface area contributed by atoms with Gasteiger partial charge in [0.15, 0.2) is 0 Å². The molecule has 0 atom stereocenters. The Bertz CT molecular complexity index is 1040. The maximum Gasteiger partial charge on any atom is 0.335 e. The number of benzene rings is 2. The van der Waals surface area contributed by atoms with Crippen molar-refractivity contribution in [1.82, 2.24) is 0 Å². The summed E-state index contributed by atoms with van der Waals surface area (Å²) in [7, 11) is 0. The highest BCUT2D eigenvalue weighted by molar-refractivity contribution is 5.93. The molecule has 0 saturated heterocycles. The van der Waals surface area contributed by atoms with Crippen molar-refractivity contribution >= 4 is 35.8 Å². The van der Waals surface area contributed by atoms with E-state index in [2.05, 4.69) is 0 Å². The molecule has 0 amide bonds. The molecule has 232 valence electrons. The van der Waals surface area contributed by atoms with Gasteiger partial charge in [-0.15, -0.1) is 0 Å². The lowest BCUT2D eigenvalue weighted by molar-refractivity contribution is -0.138. The average molecular weight is 597 g/mol. The number of rotatable bonds is 14. The lowest BCUT2D eigenvalue weighted by Crippen LogP contribution is -2.01. The number of aliphatic hydroxyl groups excluding tert-OH is 2. The molecular weight excluding hydrogens is 560 g/mol. The Labute approximate surface area is 241 Å². The Balaban J connectivity index is 0. The highest BCUT2D eigenvalue weighted by Crippen LogP contribution is 2.08. The van der Waals surface area contributed by atoms with Gasteiger partial charge in [0.1, 0.15) is 0 Å². The predicted molar refractivity (Wildman–Crippen MR) is 147 cm³/mol. The van der Waals surface area contributed by atoms with Gasteiger partial charge in [-0.3, -0.25) is 9.59 Å². The Morgan fingerprint density at radius 1 is 0.429 bits per heavy atom. The monoisotopic (exact) mass is 596 g/mol.